The molecule has 0 fully saturated rings. The number of nitrogens with zero attached hydrogens (tertiary/aromatic N) is 2. The first-order chi connectivity index (χ1) is 17.3. The highest BCUT2D eigenvalue weighted by atomic mass is 32.2. The summed E-state index contributed by atoms with van der Waals surface area (Å²) in [5.41, 5.74) is 2.26. The Kier molecular flexibility index (Phi) is 7.15. The van der Waals surface area contributed by atoms with Crippen LogP contribution in [0.3, 0.4) is 0 Å². The van der Waals surface area contributed by atoms with Crippen molar-refractivity contribution >= 4 is 43.2 Å². The van der Waals surface area contributed by atoms with E-state index in [4.69, 9.17) is 15.9 Å². The van der Waals surface area contributed by atoms with E-state index in [1.165, 1.54) is 47.7 Å². The Morgan fingerprint density at radius 1 is 1.03 bits per heavy atom. The molecule has 0 atom stereocenters. The second-order valence-electron chi connectivity index (χ2n) is 7.74. The summed E-state index contributed by atoms with van der Waals surface area (Å²) < 4.78 is 41.2. The van der Waals surface area contributed by atoms with Crippen molar-refractivity contribution in [2.24, 2.45) is 4.99 Å². The van der Waals surface area contributed by atoms with Gasteiger partial charge in [0.1, 0.15) is 21.7 Å². The molecule has 184 valence electrons. The van der Waals surface area contributed by atoms with Gasteiger partial charge in [-0.05, 0) is 55.5 Å². The lowest BCUT2D eigenvalue weighted by Gasteiger charge is -2.09. The molecule has 0 bridgehead atoms. The van der Waals surface area contributed by atoms with Crippen molar-refractivity contribution in [3.8, 4) is 23.8 Å². The minimum absolute atomic E-state index is 0.150. The van der Waals surface area contributed by atoms with Crippen LogP contribution in [0.5, 0.6) is 11.5 Å². The Hall–Kier alpha value is -4.07. The SMILES string of the molecule is C#CCn1c(=NC(=O)c2ccc(NS(=O)(=O)c3ccc(C)cc3)cc2)sc2c(OC)ccc(OC)c21. The predicted molar refractivity (Wildman–Crippen MR) is 140 cm³/mol. The van der Waals surface area contributed by atoms with Gasteiger partial charge in [-0.2, -0.15) is 4.99 Å². The van der Waals surface area contributed by atoms with Crippen LogP contribution in [0.4, 0.5) is 5.69 Å². The van der Waals surface area contributed by atoms with Crippen LogP contribution < -0.4 is 19.0 Å². The third-order valence-electron chi connectivity index (χ3n) is 5.35. The van der Waals surface area contributed by atoms with Crippen molar-refractivity contribution in [2.75, 3.05) is 18.9 Å². The molecular formula is C26H23N3O5S2. The number of carbonyl (C=O) groups excluding carboxylic acids is 1. The highest BCUT2D eigenvalue weighted by Gasteiger charge is 2.17. The minimum atomic E-state index is -3.75. The summed E-state index contributed by atoms with van der Waals surface area (Å²) in [6, 6.07) is 16.1. The highest BCUT2D eigenvalue weighted by molar-refractivity contribution is 7.92. The molecule has 1 aromatic heterocycles. The summed E-state index contributed by atoms with van der Waals surface area (Å²) in [4.78, 5) is 17.8. The minimum Gasteiger partial charge on any atom is -0.495 e. The lowest BCUT2D eigenvalue weighted by atomic mass is 10.2. The molecule has 1 amide bonds. The van der Waals surface area contributed by atoms with Crippen LogP contribution in [0.15, 0.2) is 70.6 Å². The number of carbonyl (C=O) groups is 1. The maximum Gasteiger partial charge on any atom is 0.279 e. The average molecular weight is 522 g/mol. The number of ether oxygens (including phenoxy) is 2. The fraction of sp³-hybridized carbons (Fsp3) is 0.154. The standard InChI is InChI=1S/C26H23N3O5S2/c1-5-16-29-23-21(33-3)14-15-22(34-4)24(23)35-26(29)27-25(30)18-8-10-19(11-9-18)28-36(31,32)20-12-6-17(2)7-13-20/h1,6-15,28H,16H2,2-4H3. The van der Waals surface area contributed by atoms with E-state index in [9.17, 15) is 13.2 Å². The van der Waals surface area contributed by atoms with E-state index in [-0.39, 0.29) is 17.0 Å². The van der Waals surface area contributed by atoms with Gasteiger partial charge in [0.25, 0.3) is 15.9 Å². The van der Waals surface area contributed by atoms with Crippen LogP contribution >= 0.6 is 11.3 Å². The van der Waals surface area contributed by atoms with Gasteiger partial charge >= 0.3 is 0 Å². The van der Waals surface area contributed by atoms with Crippen LogP contribution in [0.2, 0.25) is 0 Å². The van der Waals surface area contributed by atoms with Crippen molar-refractivity contribution in [3.63, 3.8) is 0 Å². The maximum atomic E-state index is 13.0. The monoisotopic (exact) mass is 521 g/mol. The van der Waals surface area contributed by atoms with Crippen LogP contribution in [-0.2, 0) is 16.6 Å². The molecule has 4 aromatic rings. The normalized spacial score (nSPS) is 11.8. The number of fused-ring (bicyclic) bond motifs is 1. The summed E-state index contributed by atoms with van der Waals surface area (Å²) >= 11 is 1.26. The van der Waals surface area contributed by atoms with Gasteiger partial charge in [-0.3, -0.25) is 9.52 Å². The van der Waals surface area contributed by atoms with Gasteiger partial charge in [-0.15, -0.1) is 6.42 Å². The number of nitrogens with one attached hydrogen (secondary N) is 1. The number of thiazole rings is 1. The molecule has 1 heterocycles. The lowest BCUT2D eigenvalue weighted by molar-refractivity contribution is 0.0998. The number of benzene rings is 3. The fourth-order valence-corrected chi connectivity index (χ4v) is 5.74. The zero-order valence-corrected chi connectivity index (χ0v) is 21.4. The molecule has 1 N–H and O–H groups in total. The van der Waals surface area contributed by atoms with Crippen molar-refractivity contribution in [1.82, 2.24) is 4.57 Å². The molecule has 0 aliphatic heterocycles. The second kappa shape index (κ2) is 10.3. The van der Waals surface area contributed by atoms with Crippen LogP contribution in [0, 0.1) is 19.3 Å². The predicted octanol–water partition coefficient (Wildman–Crippen LogP) is 4.20. The number of amides is 1. The van der Waals surface area contributed by atoms with Crippen molar-refractivity contribution in [2.45, 2.75) is 18.4 Å². The molecule has 0 radical (unpaired) electrons. The number of hydrogen-bond donors (Lipinski definition) is 1. The number of aromatic nitrogens is 1. The van der Waals surface area contributed by atoms with Gasteiger partial charge in [0.05, 0.1) is 25.7 Å². The number of terminal acetylenes is 1. The zero-order chi connectivity index (χ0) is 25.9. The molecule has 36 heavy (non-hydrogen) atoms. The third-order valence-corrected chi connectivity index (χ3v) is 7.84. The molecular weight excluding hydrogens is 498 g/mol. The number of rotatable bonds is 7. The Bertz CT molecular complexity index is 1640. The molecule has 0 saturated carbocycles. The van der Waals surface area contributed by atoms with Gasteiger partial charge in [-0.25, -0.2) is 8.42 Å². The molecule has 4 rings (SSSR count). The number of anilines is 1. The van der Waals surface area contributed by atoms with Crippen molar-refractivity contribution in [1.29, 1.82) is 0 Å². The maximum absolute atomic E-state index is 13.0. The van der Waals surface area contributed by atoms with E-state index in [2.05, 4.69) is 15.6 Å². The van der Waals surface area contributed by atoms with E-state index in [1.807, 2.05) is 6.92 Å². The molecule has 0 unspecified atom stereocenters. The molecule has 0 saturated heterocycles. The molecule has 0 aliphatic carbocycles. The summed E-state index contributed by atoms with van der Waals surface area (Å²) in [6.45, 7) is 2.06. The first-order valence-corrected chi connectivity index (χ1v) is 13.0. The molecule has 8 nitrogen and oxygen atoms in total. The first-order valence-electron chi connectivity index (χ1n) is 10.7. The van der Waals surface area contributed by atoms with Gasteiger partial charge in [0.2, 0.25) is 0 Å². The topological polar surface area (TPSA) is 99.0 Å². The summed E-state index contributed by atoms with van der Waals surface area (Å²) in [6.07, 6.45) is 5.58. The Morgan fingerprint density at radius 3 is 2.28 bits per heavy atom. The molecule has 0 aliphatic rings. The number of methoxy groups -OCH3 is 2. The van der Waals surface area contributed by atoms with Crippen LogP contribution in [0.1, 0.15) is 15.9 Å². The van der Waals surface area contributed by atoms with Gasteiger partial charge in [0, 0.05) is 11.3 Å². The summed E-state index contributed by atoms with van der Waals surface area (Å²) in [7, 11) is -0.644. The van der Waals surface area contributed by atoms with Gasteiger partial charge in [-0.1, -0.05) is 35.0 Å². The van der Waals surface area contributed by atoms with Gasteiger partial charge in [0.15, 0.2) is 4.80 Å². The molecule has 10 heteroatoms. The van der Waals surface area contributed by atoms with Crippen molar-refractivity contribution in [3.05, 3.63) is 76.6 Å². The zero-order valence-electron chi connectivity index (χ0n) is 19.8. The van der Waals surface area contributed by atoms with E-state index < -0.39 is 15.9 Å². The number of hydrogen-bond acceptors (Lipinski definition) is 6. The van der Waals surface area contributed by atoms with Gasteiger partial charge < -0.3 is 14.0 Å². The van der Waals surface area contributed by atoms with E-state index in [0.29, 0.717) is 27.5 Å². The quantitative estimate of drug-likeness (QED) is 0.368. The van der Waals surface area contributed by atoms with Crippen LogP contribution in [-0.4, -0.2) is 33.1 Å². The first kappa shape index (κ1) is 25.0. The molecule has 0 spiro atoms. The van der Waals surface area contributed by atoms with E-state index in [0.717, 1.165) is 10.3 Å². The Labute approximate surface area is 212 Å². The molecule has 3 aromatic carbocycles. The smallest absolute Gasteiger partial charge is 0.279 e. The summed E-state index contributed by atoms with van der Waals surface area (Å²) in [5.74, 6) is 3.28. The fourth-order valence-electron chi connectivity index (χ4n) is 3.54. The Balaban J connectivity index is 1.67. The highest BCUT2D eigenvalue weighted by Crippen LogP contribution is 2.35. The van der Waals surface area contributed by atoms with E-state index >= 15 is 0 Å². The average Bonchev–Trinajstić information content (AvgIpc) is 3.22. The number of aryl methyl sites for hydroxylation is 1. The van der Waals surface area contributed by atoms with E-state index in [1.54, 1.807) is 43.1 Å². The lowest BCUT2D eigenvalue weighted by Crippen LogP contribution is -2.17. The second-order valence-corrected chi connectivity index (χ2v) is 10.4. The van der Waals surface area contributed by atoms with Crippen LogP contribution in [0.25, 0.3) is 10.2 Å². The third kappa shape index (κ3) is 4.98. The Morgan fingerprint density at radius 2 is 1.67 bits per heavy atom. The van der Waals surface area contributed by atoms with Crippen molar-refractivity contribution < 1.29 is 22.7 Å². The summed E-state index contributed by atoms with van der Waals surface area (Å²) in [5, 5.41) is 0. The number of sulfonamides is 1. The largest absolute Gasteiger partial charge is 0.495 e.